The van der Waals surface area contributed by atoms with E-state index in [0.717, 1.165) is 45.9 Å². The van der Waals surface area contributed by atoms with Crippen LogP contribution in [0.5, 0.6) is 5.75 Å². The lowest BCUT2D eigenvalue weighted by Gasteiger charge is -2.56. The van der Waals surface area contributed by atoms with Crippen molar-refractivity contribution in [3.8, 4) is 17.0 Å². The maximum atomic E-state index is 12.6. The second kappa shape index (κ2) is 7.37. The molecule has 2 aromatic rings. The highest BCUT2D eigenvalue weighted by atomic mass is 16.5. The van der Waals surface area contributed by atoms with Crippen LogP contribution < -0.4 is 10.1 Å². The van der Waals surface area contributed by atoms with Crippen LogP contribution in [-0.2, 0) is 22.7 Å². The minimum atomic E-state index is -0.0271. The highest BCUT2D eigenvalue weighted by molar-refractivity contribution is 5.78. The first-order chi connectivity index (χ1) is 15.1. The van der Waals surface area contributed by atoms with Gasteiger partial charge in [0.05, 0.1) is 24.1 Å². The molecule has 0 atom stereocenters. The Hall–Kier alpha value is -2.34. The van der Waals surface area contributed by atoms with E-state index in [1.54, 1.807) is 4.68 Å². The van der Waals surface area contributed by atoms with Crippen LogP contribution in [0, 0.1) is 24.7 Å². The molecule has 31 heavy (non-hydrogen) atoms. The topological polar surface area (TPSA) is 65.4 Å². The van der Waals surface area contributed by atoms with E-state index in [4.69, 9.17) is 9.47 Å². The predicted octanol–water partition coefficient (Wildman–Crippen LogP) is 3.85. The fourth-order valence-electron chi connectivity index (χ4n) is 6.93. The number of rotatable bonds is 6. The number of aromatic nitrogens is 2. The summed E-state index contributed by atoms with van der Waals surface area (Å²) >= 11 is 0. The summed E-state index contributed by atoms with van der Waals surface area (Å²) in [5.74, 6) is 3.46. The molecular weight excluding hydrogens is 390 g/mol. The molecule has 0 unspecified atom stereocenters. The lowest BCUT2D eigenvalue weighted by atomic mass is 9.54. The van der Waals surface area contributed by atoms with Crippen molar-refractivity contribution in [2.75, 3.05) is 13.2 Å². The number of ether oxygens (including phenoxy) is 2. The monoisotopic (exact) mass is 421 g/mol. The van der Waals surface area contributed by atoms with Crippen molar-refractivity contribution in [3.05, 3.63) is 35.5 Å². The first-order valence-electron chi connectivity index (χ1n) is 11.8. The number of nitrogens with one attached hydrogen (secondary N) is 1. The van der Waals surface area contributed by atoms with E-state index in [-0.39, 0.29) is 18.1 Å². The number of carbonyl (C=O) groups excluding carboxylic acids is 1. The van der Waals surface area contributed by atoms with Gasteiger partial charge in [-0.2, -0.15) is 5.10 Å². The van der Waals surface area contributed by atoms with E-state index in [1.165, 1.54) is 38.5 Å². The van der Waals surface area contributed by atoms with Crippen molar-refractivity contribution in [1.82, 2.24) is 15.1 Å². The molecule has 0 radical (unpaired) electrons. The zero-order valence-electron chi connectivity index (χ0n) is 18.2. The fourth-order valence-corrected chi connectivity index (χ4v) is 6.93. The van der Waals surface area contributed by atoms with E-state index < -0.39 is 0 Å². The van der Waals surface area contributed by atoms with E-state index in [9.17, 15) is 4.79 Å². The number of amides is 1. The van der Waals surface area contributed by atoms with Crippen LogP contribution in [-0.4, -0.2) is 34.4 Å². The minimum Gasteiger partial charge on any atom is -0.488 e. The molecule has 1 aromatic carbocycles. The number of benzene rings is 1. The molecule has 4 saturated carbocycles. The Labute approximate surface area is 183 Å². The number of hydrogen-bond donors (Lipinski definition) is 1. The fraction of sp³-hybridized carbons (Fsp3) is 0.600. The minimum absolute atomic E-state index is 0.0271. The molecule has 4 bridgehead atoms. The summed E-state index contributed by atoms with van der Waals surface area (Å²) in [7, 11) is 0. The van der Waals surface area contributed by atoms with Gasteiger partial charge in [-0.3, -0.25) is 9.48 Å². The van der Waals surface area contributed by atoms with E-state index in [0.29, 0.717) is 19.8 Å². The van der Waals surface area contributed by atoms with Gasteiger partial charge in [-0.25, -0.2) is 0 Å². The summed E-state index contributed by atoms with van der Waals surface area (Å²) in [6.45, 7) is 3.92. The van der Waals surface area contributed by atoms with Gasteiger partial charge in [0.1, 0.15) is 18.9 Å². The number of aryl methyl sites for hydroxylation is 1. The molecule has 4 aliphatic carbocycles. The third-order valence-corrected chi connectivity index (χ3v) is 7.80. The lowest BCUT2D eigenvalue weighted by Crippen LogP contribution is -2.52. The molecule has 1 aliphatic heterocycles. The number of hydrogen-bond acceptors (Lipinski definition) is 4. The van der Waals surface area contributed by atoms with Crippen molar-refractivity contribution in [2.24, 2.45) is 17.8 Å². The normalized spacial score (nSPS) is 29.9. The van der Waals surface area contributed by atoms with Gasteiger partial charge in [0.25, 0.3) is 0 Å². The Morgan fingerprint density at radius 2 is 1.97 bits per heavy atom. The van der Waals surface area contributed by atoms with Crippen LogP contribution in [0.3, 0.4) is 0 Å². The van der Waals surface area contributed by atoms with Crippen molar-refractivity contribution < 1.29 is 14.3 Å². The SMILES string of the molecule is Cc1ccc2c(c1)-c1c(cnn1CC(=O)NCCOC13CC4CC(CC(C4)C1)C3)CO2. The lowest BCUT2D eigenvalue weighted by molar-refractivity contribution is -0.161. The molecule has 1 amide bonds. The smallest absolute Gasteiger partial charge is 0.241 e. The van der Waals surface area contributed by atoms with Gasteiger partial charge >= 0.3 is 0 Å². The summed E-state index contributed by atoms with van der Waals surface area (Å²) in [6, 6.07) is 6.14. The molecule has 2 heterocycles. The van der Waals surface area contributed by atoms with Gasteiger partial charge in [0.2, 0.25) is 5.91 Å². The highest BCUT2D eigenvalue weighted by Crippen LogP contribution is 2.57. The standard InChI is InChI=1S/C25H31N3O3/c1-16-2-3-22-21(6-16)24-20(15-30-22)13-27-28(24)14-23(29)26-4-5-31-25-10-17-7-18(11-25)9-19(8-17)12-25/h2-3,6,13,17-19H,4-5,7-12,14-15H2,1H3,(H,26,29). The van der Waals surface area contributed by atoms with Crippen LogP contribution in [0.4, 0.5) is 0 Å². The summed E-state index contributed by atoms with van der Waals surface area (Å²) < 4.78 is 14.1. The van der Waals surface area contributed by atoms with Gasteiger partial charge in [0.15, 0.2) is 0 Å². The van der Waals surface area contributed by atoms with Crippen LogP contribution in [0.2, 0.25) is 0 Å². The Morgan fingerprint density at radius 3 is 2.71 bits per heavy atom. The highest BCUT2D eigenvalue weighted by Gasteiger charge is 2.51. The van der Waals surface area contributed by atoms with Crippen molar-refractivity contribution in [1.29, 1.82) is 0 Å². The molecule has 1 aromatic heterocycles. The van der Waals surface area contributed by atoms with E-state index >= 15 is 0 Å². The first kappa shape index (κ1) is 19.4. The van der Waals surface area contributed by atoms with E-state index in [1.807, 2.05) is 18.3 Å². The summed E-state index contributed by atoms with van der Waals surface area (Å²) in [5, 5.41) is 7.51. The Morgan fingerprint density at radius 1 is 1.23 bits per heavy atom. The molecular formula is C25H31N3O3. The van der Waals surface area contributed by atoms with Crippen LogP contribution in [0.25, 0.3) is 11.3 Å². The quantitative estimate of drug-likeness (QED) is 0.720. The summed E-state index contributed by atoms with van der Waals surface area (Å²) in [5.41, 5.74) is 4.29. The molecule has 0 spiro atoms. The molecule has 6 heteroatoms. The van der Waals surface area contributed by atoms with Crippen LogP contribution in [0.15, 0.2) is 24.4 Å². The number of fused-ring (bicyclic) bond motifs is 3. The zero-order chi connectivity index (χ0) is 21.0. The van der Waals surface area contributed by atoms with Crippen molar-refractivity contribution in [3.63, 3.8) is 0 Å². The Kier molecular flexibility index (Phi) is 4.60. The van der Waals surface area contributed by atoms with Gasteiger partial charge in [0, 0.05) is 17.7 Å². The second-order valence-electron chi connectivity index (χ2n) is 10.3. The van der Waals surface area contributed by atoms with Gasteiger partial charge in [-0.1, -0.05) is 11.6 Å². The summed E-state index contributed by atoms with van der Waals surface area (Å²) in [4.78, 5) is 12.6. The Bertz CT molecular complexity index is 976. The maximum absolute atomic E-state index is 12.6. The molecule has 1 N–H and O–H groups in total. The van der Waals surface area contributed by atoms with E-state index in [2.05, 4.69) is 23.4 Å². The molecule has 6 nitrogen and oxygen atoms in total. The van der Waals surface area contributed by atoms with Crippen molar-refractivity contribution >= 4 is 5.91 Å². The molecule has 0 saturated heterocycles. The Balaban J connectivity index is 1.06. The average Bonchev–Trinajstić information content (AvgIpc) is 3.13. The second-order valence-corrected chi connectivity index (χ2v) is 10.3. The van der Waals surface area contributed by atoms with Crippen LogP contribution >= 0.6 is 0 Å². The third-order valence-electron chi connectivity index (χ3n) is 7.80. The molecule has 5 aliphatic rings. The first-order valence-corrected chi connectivity index (χ1v) is 11.8. The van der Waals surface area contributed by atoms with Crippen molar-refractivity contribution in [2.45, 2.75) is 64.2 Å². The molecule has 7 rings (SSSR count). The predicted molar refractivity (Wildman–Crippen MR) is 117 cm³/mol. The largest absolute Gasteiger partial charge is 0.488 e. The maximum Gasteiger partial charge on any atom is 0.241 e. The van der Waals surface area contributed by atoms with Crippen LogP contribution in [0.1, 0.15) is 49.7 Å². The third kappa shape index (κ3) is 3.55. The number of nitrogens with zero attached hydrogens (tertiary/aromatic N) is 2. The summed E-state index contributed by atoms with van der Waals surface area (Å²) in [6.07, 6.45) is 9.75. The van der Waals surface area contributed by atoms with Gasteiger partial charge < -0.3 is 14.8 Å². The zero-order valence-corrected chi connectivity index (χ0v) is 18.2. The number of carbonyl (C=O) groups is 1. The molecule has 164 valence electrons. The van der Waals surface area contributed by atoms with Gasteiger partial charge in [-0.05, 0) is 75.3 Å². The average molecular weight is 422 g/mol. The molecule has 4 fully saturated rings. The van der Waals surface area contributed by atoms with Gasteiger partial charge in [-0.15, -0.1) is 0 Å².